The molecule has 3 aromatic rings. The molecule has 1 aliphatic heterocycles. The maximum atomic E-state index is 13.1. The Balaban J connectivity index is 1.93. The van der Waals surface area contributed by atoms with Crippen LogP contribution in [0.4, 0.5) is 5.69 Å². The minimum Gasteiger partial charge on any atom is -0.507 e. The maximum absolute atomic E-state index is 13.1. The van der Waals surface area contributed by atoms with Crippen molar-refractivity contribution in [3.8, 4) is 5.75 Å². The number of rotatable bonds is 4. The molecule has 8 heteroatoms. The number of carbonyl (C=O) groups is 2. The minimum absolute atomic E-state index is 0.0728. The third-order valence-electron chi connectivity index (χ3n) is 4.99. The van der Waals surface area contributed by atoms with Crippen LogP contribution in [-0.4, -0.2) is 23.9 Å². The van der Waals surface area contributed by atoms with Crippen molar-refractivity contribution in [2.24, 2.45) is 0 Å². The van der Waals surface area contributed by atoms with Crippen molar-refractivity contribution in [3.05, 3.63) is 86.7 Å². The number of hydrogen-bond donors (Lipinski definition) is 1. The molecule has 1 fully saturated rings. The fraction of sp³-hybridized carbons (Fsp3) is 0.130. The molecule has 1 N–H and O–H groups in total. The molecule has 1 aliphatic rings. The number of aliphatic hydroxyl groups is 1. The third-order valence-corrected chi connectivity index (χ3v) is 5.84. The fourth-order valence-electron chi connectivity index (χ4n) is 3.56. The van der Waals surface area contributed by atoms with E-state index in [0.717, 1.165) is 0 Å². The predicted octanol–water partition coefficient (Wildman–Crippen LogP) is 5.64. The second kappa shape index (κ2) is 8.24. The van der Waals surface area contributed by atoms with Crippen LogP contribution in [0.1, 0.15) is 23.1 Å². The van der Waals surface area contributed by atoms with Gasteiger partial charge in [0.15, 0.2) is 0 Å². The van der Waals surface area contributed by atoms with E-state index in [1.165, 1.54) is 12.0 Å². The number of carbonyl (C=O) groups excluding carboxylic acids is 2. The molecule has 1 atom stereocenters. The SMILES string of the molecule is COc1ccc(/C(O)=C2/C(=O)C(=O)N(c3cccc(Cl)c3)C2c2ccc(C)o2)cc1Br. The van der Waals surface area contributed by atoms with E-state index in [0.29, 0.717) is 38.0 Å². The van der Waals surface area contributed by atoms with Gasteiger partial charge in [-0.3, -0.25) is 14.5 Å². The van der Waals surface area contributed by atoms with E-state index in [4.69, 9.17) is 20.8 Å². The minimum atomic E-state index is -0.951. The summed E-state index contributed by atoms with van der Waals surface area (Å²) in [7, 11) is 1.52. The topological polar surface area (TPSA) is 80.0 Å². The lowest BCUT2D eigenvalue weighted by atomic mass is 9.99. The Morgan fingerprint density at radius 3 is 2.55 bits per heavy atom. The summed E-state index contributed by atoms with van der Waals surface area (Å²) in [5.41, 5.74) is 0.699. The van der Waals surface area contributed by atoms with Crippen LogP contribution in [0.25, 0.3) is 5.76 Å². The average molecular weight is 503 g/mol. The Kier molecular flexibility index (Phi) is 5.64. The van der Waals surface area contributed by atoms with Crippen LogP contribution >= 0.6 is 27.5 Å². The zero-order chi connectivity index (χ0) is 22.3. The standard InChI is InChI=1S/C23H17BrClNO5/c1-12-6-8-18(31-12)20-19(21(27)13-7-9-17(30-2)16(24)10-13)22(28)23(29)26(20)15-5-3-4-14(25)11-15/h3-11,20,27H,1-2H3/b21-19-. The highest BCUT2D eigenvalue weighted by Crippen LogP contribution is 2.43. The summed E-state index contributed by atoms with van der Waals surface area (Å²) < 4.78 is 11.6. The van der Waals surface area contributed by atoms with Gasteiger partial charge in [-0.2, -0.15) is 0 Å². The molecule has 1 aromatic heterocycles. The third kappa shape index (κ3) is 3.75. The van der Waals surface area contributed by atoms with Crippen LogP contribution in [0, 0.1) is 6.92 Å². The summed E-state index contributed by atoms with van der Waals surface area (Å²) in [5, 5.41) is 11.5. The van der Waals surface area contributed by atoms with E-state index in [-0.39, 0.29) is 11.3 Å². The second-order valence-corrected chi connectivity index (χ2v) is 8.24. The summed E-state index contributed by atoms with van der Waals surface area (Å²) >= 11 is 9.50. The van der Waals surface area contributed by atoms with E-state index in [1.807, 2.05) is 0 Å². The lowest BCUT2D eigenvalue weighted by Gasteiger charge is -2.23. The van der Waals surface area contributed by atoms with Gasteiger partial charge in [0.2, 0.25) is 0 Å². The number of furan rings is 1. The molecule has 0 aliphatic carbocycles. The van der Waals surface area contributed by atoms with Gasteiger partial charge in [-0.05, 0) is 71.4 Å². The largest absolute Gasteiger partial charge is 0.507 e. The molecule has 0 spiro atoms. The van der Waals surface area contributed by atoms with Crippen LogP contribution in [0.5, 0.6) is 5.75 Å². The van der Waals surface area contributed by atoms with Gasteiger partial charge in [-0.1, -0.05) is 17.7 Å². The second-order valence-electron chi connectivity index (χ2n) is 6.95. The Labute approximate surface area is 191 Å². The summed E-state index contributed by atoms with van der Waals surface area (Å²) in [6, 6.07) is 13.9. The van der Waals surface area contributed by atoms with Gasteiger partial charge in [0.05, 0.1) is 17.2 Å². The molecule has 2 aromatic carbocycles. The number of aryl methyl sites for hydroxylation is 1. The van der Waals surface area contributed by atoms with E-state index >= 15 is 0 Å². The van der Waals surface area contributed by atoms with E-state index in [1.54, 1.807) is 61.5 Å². The number of ether oxygens (including phenoxy) is 1. The Morgan fingerprint density at radius 1 is 1.16 bits per heavy atom. The van der Waals surface area contributed by atoms with Crippen molar-refractivity contribution in [3.63, 3.8) is 0 Å². The van der Waals surface area contributed by atoms with Gasteiger partial charge in [0, 0.05) is 16.3 Å². The molecule has 0 radical (unpaired) electrons. The highest BCUT2D eigenvalue weighted by Gasteiger charge is 2.48. The number of anilines is 1. The van der Waals surface area contributed by atoms with Crippen molar-refractivity contribution in [2.75, 3.05) is 12.0 Å². The summed E-state index contributed by atoms with van der Waals surface area (Å²) in [6.45, 7) is 1.76. The number of Topliss-reactive ketones (excluding diaryl/α,β-unsaturated/α-hetero) is 1. The molecule has 0 saturated carbocycles. The number of ketones is 1. The van der Waals surface area contributed by atoms with E-state index < -0.39 is 17.7 Å². The number of methoxy groups -OCH3 is 1. The quantitative estimate of drug-likeness (QED) is 0.284. The van der Waals surface area contributed by atoms with Crippen LogP contribution in [-0.2, 0) is 9.59 Å². The Bertz CT molecular complexity index is 1230. The average Bonchev–Trinajstić information content (AvgIpc) is 3.28. The van der Waals surface area contributed by atoms with Gasteiger partial charge in [-0.15, -0.1) is 0 Å². The molecule has 6 nitrogen and oxygen atoms in total. The monoisotopic (exact) mass is 501 g/mol. The van der Waals surface area contributed by atoms with Gasteiger partial charge < -0.3 is 14.3 Å². The van der Waals surface area contributed by atoms with Gasteiger partial charge in [-0.25, -0.2) is 0 Å². The molecule has 0 bridgehead atoms. The zero-order valence-corrected chi connectivity index (χ0v) is 18.9. The maximum Gasteiger partial charge on any atom is 0.300 e. The fourth-order valence-corrected chi connectivity index (χ4v) is 4.29. The number of amides is 1. The number of hydrogen-bond acceptors (Lipinski definition) is 5. The van der Waals surface area contributed by atoms with Gasteiger partial charge in [0.1, 0.15) is 29.1 Å². The first-order valence-electron chi connectivity index (χ1n) is 9.28. The number of aliphatic hydroxyl groups excluding tert-OH is 1. The highest BCUT2D eigenvalue weighted by atomic mass is 79.9. The van der Waals surface area contributed by atoms with Crippen molar-refractivity contribution in [1.82, 2.24) is 0 Å². The molecular formula is C23H17BrClNO5. The smallest absolute Gasteiger partial charge is 0.300 e. The molecule has 4 rings (SSSR count). The Hall–Kier alpha value is -3.03. The van der Waals surface area contributed by atoms with Crippen LogP contribution in [0.3, 0.4) is 0 Å². The summed E-state index contributed by atoms with van der Waals surface area (Å²) in [4.78, 5) is 27.4. The molecular weight excluding hydrogens is 486 g/mol. The first-order chi connectivity index (χ1) is 14.8. The number of benzene rings is 2. The van der Waals surface area contributed by atoms with Crippen molar-refractivity contribution in [1.29, 1.82) is 0 Å². The lowest BCUT2D eigenvalue weighted by molar-refractivity contribution is -0.132. The first kappa shape index (κ1) is 21.2. The van der Waals surface area contributed by atoms with Crippen LogP contribution in [0.2, 0.25) is 5.02 Å². The van der Waals surface area contributed by atoms with Gasteiger partial charge in [0.25, 0.3) is 11.7 Å². The zero-order valence-electron chi connectivity index (χ0n) is 16.6. The summed E-state index contributed by atoms with van der Waals surface area (Å²) in [6.07, 6.45) is 0. The van der Waals surface area contributed by atoms with Crippen LogP contribution < -0.4 is 9.64 Å². The van der Waals surface area contributed by atoms with Crippen molar-refractivity contribution >= 4 is 50.7 Å². The van der Waals surface area contributed by atoms with E-state index in [2.05, 4.69) is 15.9 Å². The Morgan fingerprint density at radius 2 is 1.94 bits per heavy atom. The van der Waals surface area contributed by atoms with E-state index in [9.17, 15) is 14.7 Å². The number of nitrogens with zero attached hydrogens (tertiary/aromatic N) is 1. The first-order valence-corrected chi connectivity index (χ1v) is 10.5. The van der Waals surface area contributed by atoms with Crippen molar-refractivity contribution < 1.29 is 23.8 Å². The number of halogens is 2. The predicted molar refractivity (Wildman–Crippen MR) is 120 cm³/mol. The molecule has 1 saturated heterocycles. The molecule has 158 valence electrons. The normalized spacial score (nSPS) is 17.9. The summed E-state index contributed by atoms with van der Waals surface area (Å²) in [5.74, 6) is -0.386. The van der Waals surface area contributed by atoms with Crippen LogP contribution in [0.15, 0.2) is 69.1 Å². The molecule has 2 heterocycles. The molecule has 31 heavy (non-hydrogen) atoms. The van der Waals surface area contributed by atoms with Gasteiger partial charge >= 0.3 is 0 Å². The molecule has 1 unspecified atom stereocenters. The highest BCUT2D eigenvalue weighted by molar-refractivity contribution is 9.10. The van der Waals surface area contributed by atoms with Crippen molar-refractivity contribution in [2.45, 2.75) is 13.0 Å². The lowest BCUT2D eigenvalue weighted by Crippen LogP contribution is -2.29. The molecule has 1 amide bonds.